The fourth-order valence-corrected chi connectivity index (χ4v) is 2.96. The number of hydrogen-bond donors (Lipinski definition) is 1. The molecule has 5 nitrogen and oxygen atoms in total. The summed E-state index contributed by atoms with van der Waals surface area (Å²) in [7, 11) is 0. The van der Waals surface area contributed by atoms with Crippen molar-refractivity contribution < 1.29 is 9.21 Å². The van der Waals surface area contributed by atoms with E-state index >= 15 is 0 Å². The van der Waals surface area contributed by atoms with Crippen LogP contribution in [0.2, 0.25) is 0 Å². The molecular formula is C21H19N3O2. The van der Waals surface area contributed by atoms with Crippen LogP contribution in [0.1, 0.15) is 12.3 Å². The highest BCUT2D eigenvalue weighted by Gasteiger charge is 2.03. The quantitative estimate of drug-likeness (QED) is 0.424. The maximum absolute atomic E-state index is 11.9. The zero-order chi connectivity index (χ0) is 17.8. The molecule has 0 saturated carbocycles. The number of hydrogen-bond acceptors (Lipinski definition) is 3. The average molecular weight is 345 g/mol. The lowest BCUT2D eigenvalue weighted by atomic mass is 10.2. The molecule has 4 aromatic rings. The van der Waals surface area contributed by atoms with Gasteiger partial charge in [0.2, 0.25) is 11.8 Å². The van der Waals surface area contributed by atoms with E-state index in [9.17, 15) is 4.79 Å². The molecule has 0 atom stereocenters. The van der Waals surface area contributed by atoms with E-state index in [4.69, 9.17) is 4.42 Å². The monoisotopic (exact) mass is 345 g/mol. The Morgan fingerprint density at radius 1 is 1.12 bits per heavy atom. The number of fused-ring (bicyclic) bond motifs is 2. The van der Waals surface area contributed by atoms with E-state index in [2.05, 4.69) is 39.3 Å². The SMILES string of the molecule is O=C(/C=C/c1nc2ccccc2o1)NCCCn1ccc2ccccc21. The summed E-state index contributed by atoms with van der Waals surface area (Å²) in [5.41, 5.74) is 2.72. The Morgan fingerprint density at radius 2 is 1.96 bits per heavy atom. The standard InChI is InChI=1S/C21H19N3O2/c25-20(10-11-21-23-17-7-2-4-9-19(17)26-21)22-13-5-14-24-15-12-16-6-1-3-8-18(16)24/h1-4,6-12,15H,5,13-14H2,(H,22,25)/b11-10+. The number of rotatable bonds is 6. The molecule has 0 saturated heterocycles. The Kier molecular flexibility index (Phi) is 4.51. The van der Waals surface area contributed by atoms with Crippen molar-refractivity contribution >= 4 is 34.0 Å². The zero-order valence-electron chi connectivity index (χ0n) is 14.3. The van der Waals surface area contributed by atoms with Crippen molar-refractivity contribution in [1.29, 1.82) is 0 Å². The summed E-state index contributed by atoms with van der Waals surface area (Å²) < 4.78 is 7.76. The van der Waals surface area contributed by atoms with E-state index < -0.39 is 0 Å². The first-order valence-electron chi connectivity index (χ1n) is 8.65. The molecule has 0 fully saturated rings. The molecule has 0 unspecified atom stereocenters. The Morgan fingerprint density at radius 3 is 2.88 bits per heavy atom. The van der Waals surface area contributed by atoms with Crippen LogP contribution in [0.4, 0.5) is 0 Å². The predicted octanol–water partition coefficient (Wildman–Crippen LogP) is 4.00. The molecule has 2 aromatic heterocycles. The van der Waals surface area contributed by atoms with E-state index in [1.54, 1.807) is 6.08 Å². The smallest absolute Gasteiger partial charge is 0.244 e. The van der Waals surface area contributed by atoms with Crippen molar-refractivity contribution in [1.82, 2.24) is 14.9 Å². The third-order valence-electron chi connectivity index (χ3n) is 4.24. The molecule has 0 radical (unpaired) electrons. The minimum absolute atomic E-state index is 0.148. The summed E-state index contributed by atoms with van der Waals surface area (Å²) in [5.74, 6) is 0.282. The van der Waals surface area contributed by atoms with Gasteiger partial charge < -0.3 is 14.3 Å². The van der Waals surface area contributed by atoms with Gasteiger partial charge in [-0.2, -0.15) is 0 Å². The van der Waals surface area contributed by atoms with E-state index in [1.807, 2.05) is 36.4 Å². The van der Waals surface area contributed by atoms with Crippen molar-refractivity contribution in [3.05, 3.63) is 72.8 Å². The van der Waals surface area contributed by atoms with Gasteiger partial charge in [-0.25, -0.2) is 4.98 Å². The Balaban J connectivity index is 1.27. The molecule has 0 aliphatic rings. The Hall–Kier alpha value is -3.34. The first-order chi connectivity index (χ1) is 12.8. The normalized spacial score (nSPS) is 11.5. The second-order valence-corrected chi connectivity index (χ2v) is 6.07. The molecule has 1 N–H and O–H groups in total. The number of carbonyl (C=O) groups excluding carboxylic acids is 1. The third kappa shape index (κ3) is 3.52. The van der Waals surface area contributed by atoms with Crippen LogP contribution in [0.5, 0.6) is 0 Å². The predicted molar refractivity (Wildman–Crippen MR) is 103 cm³/mol. The molecule has 130 valence electrons. The van der Waals surface area contributed by atoms with Crippen molar-refractivity contribution in [2.45, 2.75) is 13.0 Å². The van der Waals surface area contributed by atoms with Gasteiger partial charge in [0.05, 0.1) is 0 Å². The van der Waals surface area contributed by atoms with Gasteiger partial charge in [-0.3, -0.25) is 4.79 Å². The molecule has 1 amide bonds. The molecule has 0 aliphatic carbocycles. The van der Waals surface area contributed by atoms with Gasteiger partial charge in [-0.1, -0.05) is 30.3 Å². The van der Waals surface area contributed by atoms with E-state index in [0.29, 0.717) is 18.0 Å². The number of aryl methyl sites for hydroxylation is 1. The van der Waals surface area contributed by atoms with Crippen molar-refractivity contribution in [2.24, 2.45) is 0 Å². The van der Waals surface area contributed by atoms with Gasteiger partial charge in [0.25, 0.3) is 0 Å². The molecule has 2 heterocycles. The maximum Gasteiger partial charge on any atom is 0.244 e. The van der Waals surface area contributed by atoms with Crippen molar-refractivity contribution in [3.8, 4) is 0 Å². The second-order valence-electron chi connectivity index (χ2n) is 6.07. The van der Waals surface area contributed by atoms with Crippen LogP contribution in [0.25, 0.3) is 28.1 Å². The number of benzene rings is 2. The first-order valence-corrected chi connectivity index (χ1v) is 8.65. The van der Waals surface area contributed by atoms with Gasteiger partial charge in [0.1, 0.15) is 5.52 Å². The summed E-state index contributed by atoms with van der Waals surface area (Å²) in [6, 6.07) is 17.9. The lowest BCUT2D eigenvalue weighted by Crippen LogP contribution is -2.23. The lowest BCUT2D eigenvalue weighted by molar-refractivity contribution is -0.116. The number of amides is 1. The number of oxazole rings is 1. The van der Waals surface area contributed by atoms with Gasteiger partial charge in [0, 0.05) is 37.0 Å². The minimum atomic E-state index is -0.148. The van der Waals surface area contributed by atoms with Crippen molar-refractivity contribution in [3.63, 3.8) is 0 Å². The summed E-state index contributed by atoms with van der Waals surface area (Å²) in [5, 5.41) is 4.12. The van der Waals surface area contributed by atoms with Crippen LogP contribution >= 0.6 is 0 Å². The highest BCUT2D eigenvalue weighted by Crippen LogP contribution is 2.16. The van der Waals surface area contributed by atoms with Crippen LogP contribution in [0.3, 0.4) is 0 Å². The highest BCUT2D eigenvalue weighted by atomic mass is 16.3. The lowest BCUT2D eigenvalue weighted by Gasteiger charge is -2.06. The van der Waals surface area contributed by atoms with Crippen molar-refractivity contribution in [2.75, 3.05) is 6.54 Å². The second kappa shape index (κ2) is 7.27. The molecule has 0 spiro atoms. The fourth-order valence-electron chi connectivity index (χ4n) is 2.96. The van der Waals surface area contributed by atoms with Gasteiger partial charge in [-0.05, 0) is 36.1 Å². The topological polar surface area (TPSA) is 60.1 Å². The molecule has 2 aromatic carbocycles. The summed E-state index contributed by atoms with van der Waals surface area (Å²) in [4.78, 5) is 16.2. The molecule has 0 aliphatic heterocycles. The zero-order valence-corrected chi connectivity index (χ0v) is 14.3. The van der Waals surface area contributed by atoms with Gasteiger partial charge >= 0.3 is 0 Å². The minimum Gasteiger partial charge on any atom is -0.437 e. The average Bonchev–Trinajstić information content (AvgIpc) is 3.27. The number of nitrogens with zero attached hydrogens (tertiary/aromatic N) is 2. The van der Waals surface area contributed by atoms with E-state index in [0.717, 1.165) is 18.5 Å². The molecule has 5 heteroatoms. The van der Waals surface area contributed by atoms with Crippen LogP contribution in [0, 0.1) is 0 Å². The number of aromatic nitrogens is 2. The summed E-state index contributed by atoms with van der Waals surface area (Å²) >= 11 is 0. The summed E-state index contributed by atoms with van der Waals surface area (Å²) in [6.45, 7) is 1.48. The Bertz CT molecular complexity index is 1040. The number of nitrogens with one attached hydrogen (secondary N) is 1. The number of para-hydroxylation sites is 3. The molecule has 26 heavy (non-hydrogen) atoms. The first kappa shape index (κ1) is 16.1. The van der Waals surface area contributed by atoms with Crippen LogP contribution in [-0.2, 0) is 11.3 Å². The Labute approximate surface area is 150 Å². The van der Waals surface area contributed by atoms with Gasteiger partial charge in [0.15, 0.2) is 5.58 Å². The molecule has 0 bridgehead atoms. The molecule has 4 rings (SSSR count). The highest BCUT2D eigenvalue weighted by molar-refractivity contribution is 5.91. The maximum atomic E-state index is 11.9. The summed E-state index contributed by atoms with van der Waals surface area (Å²) in [6.07, 6.45) is 5.99. The van der Waals surface area contributed by atoms with Crippen LogP contribution in [-0.4, -0.2) is 22.0 Å². The van der Waals surface area contributed by atoms with E-state index in [-0.39, 0.29) is 5.91 Å². The third-order valence-corrected chi connectivity index (χ3v) is 4.24. The van der Waals surface area contributed by atoms with Gasteiger partial charge in [-0.15, -0.1) is 0 Å². The van der Waals surface area contributed by atoms with Crippen LogP contribution in [0.15, 0.2) is 71.3 Å². The van der Waals surface area contributed by atoms with Crippen LogP contribution < -0.4 is 5.32 Å². The van der Waals surface area contributed by atoms with E-state index in [1.165, 1.54) is 17.0 Å². The largest absolute Gasteiger partial charge is 0.437 e. The fraction of sp³-hybridized carbons (Fsp3) is 0.143. The number of carbonyl (C=O) groups is 1. The molecular weight excluding hydrogens is 326 g/mol.